The summed E-state index contributed by atoms with van der Waals surface area (Å²) in [6, 6.07) is 14.6. The topological polar surface area (TPSA) is 66.4 Å². The second-order valence-corrected chi connectivity index (χ2v) is 6.00. The number of carboxylic acids is 1. The van der Waals surface area contributed by atoms with Gasteiger partial charge in [-0.25, -0.2) is 9.18 Å². The van der Waals surface area contributed by atoms with Crippen LogP contribution in [0, 0.1) is 5.82 Å². The summed E-state index contributed by atoms with van der Waals surface area (Å²) >= 11 is 0. The fraction of sp³-hybridized carbons (Fsp3) is 0.263. The molecule has 0 saturated carbocycles. The lowest BCUT2D eigenvalue weighted by molar-refractivity contribution is -0.147. The average molecular weight is 329 g/mol. The van der Waals surface area contributed by atoms with E-state index in [-0.39, 0.29) is 18.2 Å². The van der Waals surface area contributed by atoms with Gasteiger partial charge in [0, 0.05) is 6.42 Å². The van der Waals surface area contributed by atoms with E-state index in [9.17, 15) is 19.1 Å². The predicted octanol–water partition coefficient (Wildman–Crippen LogP) is 3.44. The molecule has 0 aliphatic heterocycles. The van der Waals surface area contributed by atoms with Gasteiger partial charge in [-0.15, -0.1) is 0 Å². The number of rotatable bonds is 6. The number of carboxylic acid groups (broad SMARTS) is 1. The van der Waals surface area contributed by atoms with Gasteiger partial charge in [0.25, 0.3) is 0 Å². The molecular formula is C19H20FNO3. The number of nitrogens with one attached hydrogen (secondary N) is 1. The van der Waals surface area contributed by atoms with Gasteiger partial charge in [-0.3, -0.25) is 4.79 Å². The van der Waals surface area contributed by atoms with Crippen molar-refractivity contribution in [3.8, 4) is 0 Å². The fourth-order valence-corrected chi connectivity index (χ4v) is 2.54. The molecule has 126 valence electrons. The largest absolute Gasteiger partial charge is 0.479 e. The Kier molecular flexibility index (Phi) is 5.34. The van der Waals surface area contributed by atoms with Crippen LogP contribution in [0.15, 0.2) is 54.6 Å². The summed E-state index contributed by atoms with van der Waals surface area (Å²) in [5.41, 5.74) is -0.287. The van der Waals surface area contributed by atoms with Crippen LogP contribution in [0.2, 0.25) is 0 Å². The molecule has 0 aromatic heterocycles. The van der Waals surface area contributed by atoms with Gasteiger partial charge in [0.2, 0.25) is 5.91 Å². The van der Waals surface area contributed by atoms with Crippen molar-refractivity contribution in [2.45, 2.75) is 31.7 Å². The van der Waals surface area contributed by atoms with Crippen LogP contribution in [0.4, 0.5) is 4.39 Å². The normalized spacial score (nSPS) is 14.5. The fourth-order valence-electron chi connectivity index (χ4n) is 2.54. The van der Waals surface area contributed by atoms with Gasteiger partial charge in [0.1, 0.15) is 5.82 Å². The molecule has 2 atom stereocenters. The van der Waals surface area contributed by atoms with E-state index in [4.69, 9.17) is 0 Å². The lowest BCUT2D eigenvalue weighted by Crippen LogP contribution is -2.49. The molecule has 0 saturated heterocycles. The van der Waals surface area contributed by atoms with Crippen molar-refractivity contribution in [1.29, 1.82) is 0 Å². The number of carbonyl (C=O) groups excluding carboxylic acids is 1. The van der Waals surface area contributed by atoms with E-state index < -0.39 is 17.3 Å². The van der Waals surface area contributed by atoms with Crippen molar-refractivity contribution in [2.75, 3.05) is 0 Å². The monoisotopic (exact) mass is 329 g/mol. The highest BCUT2D eigenvalue weighted by Gasteiger charge is 2.37. The zero-order valence-corrected chi connectivity index (χ0v) is 13.6. The van der Waals surface area contributed by atoms with Gasteiger partial charge in [-0.05, 0) is 36.1 Å². The van der Waals surface area contributed by atoms with Crippen LogP contribution in [-0.4, -0.2) is 17.0 Å². The van der Waals surface area contributed by atoms with Gasteiger partial charge in [-0.2, -0.15) is 0 Å². The van der Waals surface area contributed by atoms with Crippen LogP contribution < -0.4 is 5.32 Å². The summed E-state index contributed by atoms with van der Waals surface area (Å²) in [7, 11) is 0. The first kappa shape index (κ1) is 17.7. The Balaban J connectivity index is 2.14. The summed E-state index contributed by atoms with van der Waals surface area (Å²) in [4.78, 5) is 24.0. The molecule has 2 rings (SSSR count). The van der Waals surface area contributed by atoms with Crippen molar-refractivity contribution in [3.63, 3.8) is 0 Å². The first-order valence-electron chi connectivity index (χ1n) is 7.68. The number of aliphatic carboxylic acids is 1. The van der Waals surface area contributed by atoms with Crippen molar-refractivity contribution < 1.29 is 19.1 Å². The van der Waals surface area contributed by atoms with E-state index in [1.807, 2.05) is 37.3 Å². The number of halogens is 1. The lowest BCUT2D eigenvalue weighted by atomic mass is 9.90. The van der Waals surface area contributed by atoms with Crippen LogP contribution in [-0.2, 0) is 15.1 Å². The highest BCUT2D eigenvalue weighted by Crippen LogP contribution is 2.24. The maximum Gasteiger partial charge on any atom is 0.333 e. The quantitative estimate of drug-likeness (QED) is 0.853. The molecule has 0 bridgehead atoms. The second kappa shape index (κ2) is 7.25. The van der Waals surface area contributed by atoms with Crippen LogP contribution in [0.1, 0.15) is 37.3 Å². The van der Waals surface area contributed by atoms with E-state index in [0.29, 0.717) is 5.56 Å². The van der Waals surface area contributed by atoms with E-state index in [1.54, 1.807) is 0 Å². The minimum absolute atomic E-state index is 0.0440. The third kappa shape index (κ3) is 3.98. The van der Waals surface area contributed by atoms with Gasteiger partial charge in [0.15, 0.2) is 5.54 Å². The standard InChI is InChI=1S/C19H20FNO3/c1-13(14-6-4-3-5-7-14)12-17(22)21-19(2,18(23)24)15-8-10-16(20)11-9-15/h3-11,13H,12H2,1-2H3,(H,21,22)(H,23,24). The average Bonchev–Trinajstić information content (AvgIpc) is 2.55. The molecule has 2 aromatic carbocycles. The lowest BCUT2D eigenvalue weighted by Gasteiger charge is -2.27. The van der Waals surface area contributed by atoms with Gasteiger partial charge in [0.05, 0.1) is 0 Å². The van der Waals surface area contributed by atoms with Crippen LogP contribution in [0.5, 0.6) is 0 Å². The SMILES string of the molecule is CC(CC(=O)NC(C)(C(=O)O)c1ccc(F)cc1)c1ccccc1. The molecule has 2 aromatic rings. The predicted molar refractivity (Wildman–Crippen MR) is 89.0 cm³/mol. The minimum Gasteiger partial charge on any atom is -0.479 e. The van der Waals surface area contributed by atoms with Gasteiger partial charge >= 0.3 is 5.97 Å². The molecule has 2 unspecified atom stereocenters. The maximum atomic E-state index is 13.1. The molecule has 5 heteroatoms. The maximum absolute atomic E-state index is 13.1. The van der Waals surface area contributed by atoms with E-state index in [1.165, 1.54) is 31.2 Å². The number of hydrogen-bond acceptors (Lipinski definition) is 2. The minimum atomic E-state index is -1.61. The number of amides is 1. The Hall–Kier alpha value is -2.69. The number of carbonyl (C=O) groups is 2. The van der Waals surface area contributed by atoms with E-state index >= 15 is 0 Å². The zero-order valence-electron chi connectivity index (χ0n) is 13.6. The molecule has 2 N–H and O–H groups in total. The molecule has 0 aliphatic carbocycles. The zero-order chi connectivity index (χ0) is 17.7. The number of hydrogen-bond donors (Lipinski definition) is 2. The molecule has 4 nitrogen and oxygen atoms in total. The first-order valence-corrected chi connectivity index (χ1v) is 7.68. The molecular weight excluding hydrogens is 309 g/mol. The summed E-state index contributed by atoms with van der Waals surface area (Å²) in [5, 5.41) is 12.1. The van der Waals surface area contributed by atoms with Crippen molar-refractivity contribution in [1.82, 2.24) is 5.32 Å². The van der Waals surface area contributed by atoms with Crippen LogP contribution in [0.3, 0.4) is 0 Å². The van der Waals surface area contributed by atoms with E-state index in [2.05, 4.69) is 5.32 Å². The Morgan fingerprint density at radius 2 is 1.71 bits per heavy atom. The first-order chi connectivity index (χ1) is 11.3. The summed E-state index contributed by atoms with van der Waals surface area (Å²) in [6.07, 6.45) is 0.161. The third-order valence-corrected chi connectivity index (χ3v) is 4.10. The van der Waals surface area contributed by atoms with Crippen molar-refractivity contribution in [2.24, 2.45) is 0 Å². The molecule has 0 fully saturated rings. The van der Waals surface area contributed by atoms with Gasteiger partial charge in [-0.1, -0.05) is 49.4 Å². The Morgan fingerprint density at radius 1 is 1.12 bits per heavy atom. The molecule has 0 heterocycles. The molecule has 0 aliphatic rings. The molecule has 1 amide bonds. The smallest absolute Gasteiger partial charge is 0.333 e. The summed E-state index contributed by atoms with van der Waals surface area (Å²) < 4.78 is 13.1. The van der Waals surface area contributed by atoms with Crippen molar-refractivity contribution >= 4 is 11.9 Å². The molecule has 24 heavy (non-hydrogen) atoms. The van der Waals surface area contributed by atoms with Gasteiger partial charge < -0.3 is 10.4 Å². The molecule has 0 radical (unpaired) electrons. The summed E-state index contributed by atoms with van der Waals surface area (Å²) in [6.45, 7) is 3.30. The highest BCUT2D eigenvalue weighted by molar-refractivity contribution is 5.88. The van der Waals surface area contributed by atoms with Crippen LogP contribution >= 0.6 is 0 Å². The van der Waals surface area contributed by atoms with E-state index in [0.717, 1.165) is 5.56 Å². The second-order valence-electron chi connectivity index (χ2n) is 6.00. The van der Waals surface area contributed by atoms with Crippen molar-refractivity contribution in [3.05, 3.63) is 71.5 Å². The Morgan fingerprint density at radius 3 is 2.25 bits per heavy atom. The Labute approximate surface area is 140 Å². The Bertz CT molecular complexity index is 715. The highest BCUT2D eigenvalue weighted by atomic mass is 19.1. The molecule has 0 spiro atoms. The van der Waals surface area contributed by atoms with Crippen LogP contribution in [0.25, 0.3) is 0 Å². The summed E-state index contributed by atoms with van der Waals surface area (Å²) in [5.74, 6) is -2.08. The number of benzene rings is 2. The third-order valence-electron chi connectivity index (χ3n) is 4.10.